The summed E-state index contributed by atoms with van der Waals surface area (Å²) in [7, 11) is 2.13. The largest absolute Gasteiger partial charge is 0.396 e. The number of hydrogen-bond donors (Lipinski definition) is 1. The lowest BCUT2D eigenvalue weighted by Gasteiger charge is -2.22. The van der Waals surface area contributed by atoms with E-state index in [0.29, 0.717) is 0 Å². The van der Waals surface area contributed by atoms with Crippen LogP contribution in [-0.2, 0) is 0 Å². The maximum Gasteiger partial charge on any atom is 0.0512 e. The fraction of sp³-hybridized carbons (Fsp3) is 0.538. The number of aliphatic hydroxyl groups is 1. The van der Waals surface area contributed by atoms with Gasteiger partial charge >= 0.3 is 0 Å². The van der Waals surface area contributed by atoms with Gasteiger partial charge in [0.2, 0.25) is 0 Å². The Morgan fingerprint density at radius 3 is 2.81 bits per heavy atom. The molecule has 0 aliphatic heterocycles. The van der Waals surface area contributed by atoms with Crippen molar-refractivity contribution in [1.29, 1.82) is 0 Å². The standard InChI is InChI=1S/C13H18ClNO/c1-15(13-5-6-13)8-11(9-16)10-3-2-4-12(14)7-10/h2-4,7,11,13,16H,5-6,8-9H2,1H3. The first kappa shape index (κ1) is 11.9. The Kier molecular flexibility index (Phi) is 3.85. The number of rotatable bonds is 5. The summed E-state index contributed by atoms with van der Waals surface area (Å²) in [5.41, 5.74) is 1.13. The Morgan fingerprint density at radius 2 is 2.25 bits per heavy atom. The summed E-state index contributed by atoms with van der Waals surface area (Å²) in [4.78, 5) is 2.34. The van der Waals surface area contributed by atoms with Crippen molar-refractivity contribution >= 4 is 11.6 Å². The predicted octanol–water partition coefficient (Wildman–Crippen LogP) is 2.51. The molecular formula is C13H18ClNO. The van der Waals surface area contributed by atoms with Crippen molar-refractivity contribution < 1.29 is 5.11 Å². The first-order valence-corrected chi connectivity index (χ1v) is 6.15. The second kappa shape index (κ2) is 5.17. The minimum absolute atomic E-state index is 0.171. The van der Waals surface area contributed by atoms with Crippen molar-refractivity contribution in [3.8, 4) is 0 Å². The number of nitrogens with zero attached hydrogens (tertiary/aromatic N) is 1. The highest BCUT2D eigenvalue weighted by atomic mass is 35.5. The fourth-order valence-electron chi connectivity index (χ4n) is 2.04. The molecule has 1 atom stereocenters. The van der Waals surface area contributed by atoms with Gasteiger partial charge in [-0.1, -0.05) is 23.7 Å². The molecule has 0 spiro atoms. The zero-order valence-corrected chi connectivity index (χ0v) is 10.3. The van der Waals surface area contributed by atoms with Crippen molar-refractivity contribution in [3.63, 3.8) is 0 Å². The van der Waals surface area contributed by atoms with E-state index in [1.54, 1.807) is 0 Å². The summed E-state index contributed by atoms with van der Waals surface area (Å²) in [6, 6.07) is 8.52. The van der Waals surface area contributed by atoms with Gasteiger partial charge in [-0.2, -0.15) is 0 Å². The monoisotopic (exact) mass is 239 g/mol. The van der Waals surface area contributed by atoms with Gasteiger partial charge in [-0.25, -0.2) is 0 Å². The smallest absolute Gasteiger partial charge is 0.0512 e. The first-order valence-electron chi connectivity index (χ1n) is 5.77. The normalized spacial score (nSPS) is 17.8. The lowest BCUT2D eigenvalue weighted by Crippen LogP contribution is -2.28. The third kappa shape index (κ3) is 2.97. The minimum Gasteiger partial charge on any atom is -0.396 e. The Balaban J connectivity index is 2.03. The van der Waals surface area contributed by atoms with Crippen LogP contribution in [0.1, 0.15) is 24.3 Å². The fourth-order valence-corrected chi connectivity index (χ4v) is 2.24. The van der Waals surface area contributed by atoms with Crippen molar-refractivity contribution in [2.24, 2.45) is 0 Å². The zero-order valence-electron chi connectivity index (χ0n) is 9.56. The van der Waals surface area contributed by atoms with Crippen LogP contribution < -0.4 is 0 Å². The molecule has 1 aliphatic rings. The van der Waals surface area contributed by atoms with Crippen LogP contribution in [0.15, 0.2) is 24.3 Å². The van der Waals surface area contributed by atoms with Gasteiger partial charge in [0.1, 0.15) is 0 Å². The van der Waals surface area contributed by atoms with E-state index >= 15 is 0 Å². The molecule has 1 aromatic rings. The summed E-state index contributed by atoms with van der Waals surface area (Å²) in [5, 5.41) is 10.2. The van der Waals surface area contributed by atoms with Gasteiger partial charge in [0.05, 0.1) is 6.61 Å². The van der Waals surface area contributed by atoms with Gasteiger partial charge in [0.25, 0.3) is 0 Å². The average molecular weight is 240 g/mol. The maximum atomic E-state index is 9.45. The van der Waals surface area contributed by atoms with E-state index in [1.807, 2.05) is 24.3 Å². The van der Waals surface area contributed by atoms with E-state index in [9.17, 15) is 5.11 Å². The molecule has 88 valence electrons. The molecule has 0 saturated heterocycles. The van der Waals surface area contributed by atoms with Crippen LogP contribution in [0.3, 0.4) is 0 Å². The predicted molar refractivity (Wildman–Crippen MR) is 66.9 cm³/mol. The third-order valence-corrected chi connectivity index (χ3v) is 3.45. The molecule has 1 aromatic carbocycles. The van der Waals surface area contributed by atoms with E-state index in [2.05, 4.69) is 11.9 Å². The lowest BCUT2D eigenvalue weighted by atomic mass is 9.99. The average Bonchev–Trinajstić information content (AvgIpc) is 3.09. The third-order valence-electron chi connectivity index (χ3n) is 3.22. The molecule has 0 radical (unpaired) electrons. The van der Waals surface area contributed by atoms with Crippen LogP contribution in [0.25, 0.3) is 0 Å². The molecule has 2 rings (SSSR count). The number of hydrogen-bond acceptors (Lipinski definition) is 2. The summed E-state index contributed by atoms with van der Waals surface area (Å²) in [6.45, 7) is 1.08. The molecule has 0 heterocycles. The van der Waals surface area contributed by atoms with E-state index in [0.717, 1.165) is 23.2 Å². The van der Waals surface area contributed by atoms with Gasteiger partial charge in [-0.05, 0) is 37.6 Å². The molecule has 0 amide bonds. The van der Waals surface area contributed by atoms with Gasteiger partial charge in [-0.15, -0.1) is 0 Å². The van der Waals surface area contributed by atoms with Gasteiger partial charge in [-0.3, -0.25) is 0 Å². The second-order valence-corrected chi connectivity index (χ2v) is 5.04. The Labute approximate surface area is 102 Å². The van der Waals surface area contributed by atoms with E-state index in [4.69, 9.17) is 11.6 Å². The molecule has 1 fully saturated rings. The highest BCUT2D eigenvalue weighted by Crippen LogP contribution is 2.28. The Bertz CT molecular complexity index is 352. The molecule has 0 bridgehead atoms. The number of likely N-dealkylation sites (N-methyl/N-ethyl adjacent to an activating group) is 1. The molecule has 2 nitrogen and oxygen atoms in total. The van der Waals surface area contributed by atoms with Crippen LogP contribution in [0, 0.1) is 0 Å². The van der Waals surface area contributed by atoms with Crippen LogP contribution in [0.4, 0.5) is 0 Å². The molecule has 1 aliphatic carbocycles. The molecular weight excluding hydrogens is 222 g/mol. The van der Waals surface area contributed by atoms with Crippen molar-refractivity contribution in [3.05, 3.63) is 34.9 Å². The quantitative estimate of drug-likeness (QED) is 0.854. The molecule has 0 aromatic heterocycles. The minimum atomic E-state index is 0.171. The van der Waals surface area contributed by atoms with Gasteiger partial charge in [0.15, 0.2) is 0 Å². The van der Waals surface area contributed by atoms with E-state index < -0.39 is 0 Å². The topological polar surface area (TPSA) is 23.5 Å². The van der Waals surface area contributed by atoms with Crippen LogP contribution in [-0.4, -0.2) is 36.2 Å². The van der Waals surface area contributed by atoms with Crippen LogP contribution in [0.5, 0.6) is 0 Å². The Hall–Kier alpha value is -0.570. The van der Waals surface area contributed by atoms with E-state index in [1.165, 1.54) is 12.8 Å². The zero-order chi connectivity index (χ0) is 11.5. The number of halogens is 1. The highest BCUT2D eigenvalue weighted by molar-refractivity contribution is 6.30. The summed E-state index contributed by atoms with van der Waals surface area (Å²) >= 11 is 5.96. The lowest BCUT2D eigenvalue weighted by molar-refractivity contribution is 0.216. The Morgan fingerprint density at radius 1 is 1.50 bits per heavy atom. The summed E-state index contributed by atoms with van der Waals surface area (Å²) in [5.74, 6) is 0.171. The maximum absolute atomic E-state index is 9.45. The van der Waals surface area contributed by atoms with Crippen molar-refractivity contribution in [2.75, 3.05) is 20.2 Å². The van der Waals surface area contributed by atoms with Gasteiger partial charge < -0.3 is 10.0 Å². The highest BCUT2D eigenvalue weighted by Gasteiger charge is 2.27. The van der Waals surface area contributed by atoms with Crippen LogP contribution in [0.2, 0.25) is 5.02 Å². The van der Waals surface area contributed by atoms with Gasteiger partial charge in [0, 0.05) is 23.5 Å². The van der Waals surface area contributed by atoms with Crippen molar-refractivity contribution in [1.82, 2.24) is 4.90 Å². The molecule has 1 N–H and O–H groups in total. The summed E-state index contributed by atoms with van der Waals surface area (Å²) < 4.78 is 0. The van der Waals surface area contributed by atoms with Crippen molar-refractivity contribution in [2.45, 2.75) is 24.8 Å². The molecule has 3 heteroatoms. The van der Waals surface area contributed by atoms with E-state index in [-0.39, 0.29) is 12.5 Å². The number of aliphatic hydroxyl groups excluding tert-OH is 1. The second-order valence-electron chi connectivity index (χ2n) is 4.61. The molecule has 1 saturated carbocycles. The van der Waals surface area contributed by atoms with Crippen LogP contribution >= 0.6 is 11.6 Å². The molecule has 1 unspecified atom stereocenters. The number of benzene rings is 1. The summed E-state index contributed by atoms with van der Waals surface area (Å²) in [6.07, 6.45) is 2.59. The first-order chi connectivity index (χ1) is 7.70. The molecule has 16 heavy (non-hydrogen) atoms. The SMILES string of the molecule is CN(CC(CO)c1cccc(Cl)c1)C1CC1.